The van der Waals surface area contributed by atoms with Crippen molar-refractivity contribution in [3.8, 4) is 5.75 Å². The molecule has 2 aromatic carbocycles. The lowest BCUT2D eigenvalue weighted by Gasteiger charge is -2.13. The van der Waals surface area contributed by atoms with Crippen molar-refractivity contribution in [2.24, 2.45) is 0 Å². The van der Waals surface area contributed by atoms with Crippen LogP contribution in [0.1, 0.15) is 42.8 Å². The summed E-state index contributed by atoms with van der Waals surface area (Å²) in [6.07, 6.45) is 1.24. The molecule has 0 aliphatic heterocycles. The lowest BCUT2D eigenvalue weighted by Crippen LogP contribution is -2.05. The van der Waals surface area contributed by atoms with Gasteiger partial charge >= 0.3 is 0 Å². The summed E-state index contributed by atoms with van der Waals surface area (Å²) >= 11 is 6.54. The van der Waals surface area contributed by atoms with Crippen molar-refractivity contribution in [1.82, 2.24) is 0 Å². The van der Waals surface area contributed by atoms with Gasteiger partial charge in [0.2, 0.25) is 0 Å². The molecule has 0 fully saturated rings. The molecule has 0 heterocycles. The number of halogens is 1. The molecule has 2 aromatic rings. The van der Waals surface area contributed by atoms with Crippen LogP contribution in [0.2, 0.25) is 0 Å². The molecule has 2 heteroatoms. The summed E-state index contributed by atoms with van der Waals surface area (Å²) in [4.78, 5) is 0. The molecule has 1 atom stereocenters. The first-order chi connectivity index (χ1) is 9.60. The quantitative estimate of drug-likeness (QED) is 0.673. The number of benzene rings is 2. The third-order valence-corrected chi connectivity index (χ3v) is 3.73. The molecule has 0 aliphatic rings. The molecule has 0 spiro atoms. The Labute approximate surface area is 126 Å². The minimum absolute atomic E-state index is 0.117. The molecule has 1 nitrogen and oxygen atoms in total. The highest BCUT2D eigenvalue weighted by Crippen LogP contribution is 2.30. The average Bonchev–Trinajstić information content (AvgIpc) is 2.47. The molecule has 0 N–H and O–H groups in total. The van der Waals surface area contributed by atoms with Gasteiger partial charge in [0.05, 0.1) is 11.5 Å². The van der Waals surface area contributed by atoms with Crippen molar-refractivity contribution in [3.63, 3.8) is 0 Å². The first-order valence-corrected chi connectivity index (χ1v) is 7.53. The average molecular weight is 289 g/mol. The molecule has 0 radical (unpaired) electrons. The summed E-state index contributed by atoms with van der Waals surface area (Å²) in [6.45, 7) is 6.20. The number of hydrogen-bond acceptors (Lipinski definition) is 1. The topological polar surface area (TPSA) is 9.23 Å². The molecule has 2 rings (SSSR count). The van der Waals surface area contributed by atoms with E-state index >= 15 is 0 Å². The van der Waals surface area contributed by atoms with E-state index < -0.39 is 0 Å². The Morgan fingerprint density at radius 3 is 1.85 bits per heavy atom. The highest BCUT2D eigenvalue weighted by molar-refractivity contribution is 6.22. The van der Waals surface area contributed by atoms with Gasteiger partial charge in [0.25, 0.3) is 0 Å². The molecule has 106 valence electrons. The molecule has 1 unspecified atom stereocenters. The summed E-state index contributed by atoms with van der Waals surface area (Å²) < 4.78 is 5.64. The van der Waals surface area contributed by atoms with E-state index in [0.29, 0.717) is 0 Å². The van der Waals surface area contributed by atoms with Crippen LogP contribution in [0.25, 0.3) is 0 Å². The van der Waals surface area contributed by atoms with Crippen LogP contribution in [-0.2, 0) is 6.42 Å². The first-order valence-electron chi connectivity index (χ1n) is 7.09. The van der Waals surface area contributed by atoms with Gasteiger partial charge in [-0.2, -0.15) is 0 Å². The predicted octanol–water partition coefficient (Wildman–Crippen LogP) is 5.36. The van der Waals surface area contributed by atoms with E-state index in [0.717, 1.165) is 23.3 Å². The Bertz CT molecular complexity index is 528. The standard InChI is InChI=1S/C18H21ClO/c1-4-14-5-7-15(8-6-14)18(19)16-9-11-17(12-10-16)20-13(2)3/h5-13,18H,4H2,1-3H3. The largest absolute Gasteiger partial charge is 0.491 e. The van der Waals surface area contributed by atoms with Crippen LogP contribution in [0.15, 0.2) is 48.5 Å². The SMILES string of the molecule is CCc1ccc(C(Cl)c2ccc(OC(C)C)cc2)cc1. The van der Waals surface area contributed by atoms with Crippen molar-refractivity contribution in [2.75, 3.05) is 0 Å². The third-order valence-electron chi connectivity index (χ3n) is 3.23. The Morgan fingerprint density at radius 2 is 1.40 bits per heavy atom. The van der Waals surface area contributed by atoms with Gasteiger partial charge in [-0.25, -0.2) is 0 Å². The van der Waals surface area contributed by atoms with E-state index in [4.69, 9.17) is 16.3 Å². The minimum Gasteiger partial charge on any atom is -0.491 e. The minimum atomic E-state index is -0.117. The zero-order valence-electron chi connectivity index (χ0n) is 12.3. The summed E-state index contributed by atoms with van der Waals surface area (Å²) in [5.41, 5.74) is 3.55. The fraction of sp³-hybridized carbons (Fsp3) is 0.333. The Balaban J connectivity index is 2.13. The number of alkyl halides is 1. The maximum absolute atomic E-state index is 6.54. The smallest absolute Gasteiger partial charge is 0.119 e. The van der Waals surface area contributed by atoms with Gasteiger partial charge in [-0.3, -0.25) is 0 Å². The van der Waals surface area contributed by atoms with Gasteiger partial charge in [-0.15, -0.1) is 11.6 Å². The molecular formula is C18H21ClO. The molecule has 0 saturated carbocycles. The Hall–Kier alpha value is -1.47. The second-order valence-corrected chi connectivity index (χ2v) is 5.63. The number of hydrogen-bond donors (Lipinski definition) is 0. The number of ether oxygens (including phenoxy) is 1. The lowest BCUT2D eigenvalue weighted by atomic mass is 10.0. The lowest BCUT2D eigenvalue weighted by molar-refractivity contribution is 0.242. The highest BCUT2D eigenvalue weighted by Gasteiger charge is 2.10. The van der Waals surface area contributed by atoms with Gasteiger partial charge in [0.1, 0.15) is 5.75 Å². The van der Waals surface area contributed by atoms with E-state index in [1.54, 1.807) is 0 Å². The molecule has 0 aliphatic carbocycles. The molecule has 0 saturated heterocycles. The van der Waals surface area contributed by atoms with Gasteiger partial charge in [-0.1, -0.05) is 43.3 Å². The van der Waals surface area contributed by atoms with Crippen LogP contribution in [0.4, 0.5) is 0 Å². The molecule has 20 heavy (non-hydrogen) atoms. The first kappa shape index (κ1) is 14.9. The second-order valence-electron chi connectivity index (χ2n) is 5.19. The van der Waals surface area contributed by atoms with E-state index in [1.165, 1.54) is 5.56 Å². The van der Waals surface area contributed by atoms with Gasteiger partial charge in [-0.05, 0) is 49.1 Å². The maximum atomic E-state index is 6.54. The number of aryl methyl sites for hydroxylation is 1. The van der Waals surface area contributed by atoms with Crippen LogP contribution in [0.3, 0.4) is 0 Å². The molecule has 0 amide bonds. The third kappa shape index (κ3) is 3.77. The fourth-order valence-corrected chi connectivity index (χ4v) is 2.39. The van der Waals surface area contributed by atoms with Crippen LogP contribution in [0.5, 0.6) is 5.75 Å². The van der Waals surface area contributed by atoms with Crippen LogP contribution in [0, 0.1) is 0 Å². The van der Waals surface area contributed by atoms with Crippen LogP contribution in [-0.4, -0.2) is 6.10 Å². The molecule has 0 bridgehead atoms. The maximum Gasteiger partial charge on any atom is 0.119 e. The van der Waals surface area contributed by atoms with E-state index in [-0.39, 0.29) is 11.5 Å². The Morgan fingerprint density at radius 1 is 0.900 bits per heavy atom. The van der Waals surface area contributed by atoms with Crippen molar-refractivity contribution >= 4 is 11.6 Å². The fourth-order valence-electron chi connectivity index (χ4n) is 2.10. The van der Waals surface area contributed by atoms with E-state index in [9.17, 15) is 0 Å². The molecule has 0 aromatic heterocycles. The summed E-state index contributed by atoms with van der Waals surface area (Å²) in [7, 11) is 0. The van der Waals surface area contributed by atoms with Crippen molar-refractivity contribution in [2.45, 2.75) is 38.7 Å². The van der Waals surface area contributed by atoms with Gasteiger partial charge in [0, 0.05) is 0 Å². The summed E-state index contributed by atoms with van der Waals surface area (Å²) in [5, 5.41) is -0.117. The summed E-state index contributed by atoms with van der Waals surface area (Å²) in [6, 6.07) is 16.5. The van der Waals surface area contributed by atoms with Crippen molar-refractivity contribution < 1.29 is 4.74 Å². The van der Waals surface area contributed by atoms with Gasteiger partial charge in [0.15, 0.2) is 0 Å². The summed E-state index contributed by atoms with van der Waals surface area (Å²) in [5.74, 6) is 0.883. The van der Waals surface area contributed by atoms with Crippen molar-refractivity contribution in [3.05, 3.63) is 65.2 Å². The normalized spacial score (nSPS) is 12.4. The molecular weight excluding hydrogens is 268 g/mol. The van der Waals surface area contributed by atoms with Crippen LogP contribution >= 0.6 is 11.6 Å². The monoisotopic (exact) mass is 288 g/mol. The van der Waals surface area contributed by atoms with E-state index in [2.05, 4.69) is 31.2 Å². The Kier molecular flexibility index (Phi) is 5.08. The second kappa shape index (κ2) is 6.81. The highest BCUT2D eigenvalue weighted by atomic mass is 35.5. The van der Waals surface area contributed by atoms with E-state index in [1.807, 2.05) is 38.1 Å². The zero-order valence-corrected chi connectivity index (χ0v) is 13.0. The predicted molar refractivity (Wildman–Crippen MR) is 85.7 cm³/mol. The van der Waals surface area contributed by atoms with Crippen molar-refractivity contribution in [1.29, 1.82) is 0 Å². The number of rotatable bonds is 5. The van der Waals surface area contributed by atoms with Gasteiger partial charge < -0.3 is 4.74 Å². The van der Waals surface area contributed by atoms with Crippen LogP contribution < -0.4 is 4.74 Å². The zero-order chi connectivity index (χ0) is 14.5.